The maximum atomic E-state index is 10.6. The summed E-state index contributed by atoms with van der Waals surface area (Å²) < 4.78 is 11.3. The van der Waals surface area contributed by atoms with E-state index in [1.807, 2.05) is 0 Å². The lowest BCUT2D eigenvalue weighted by atomic mass is 9.57. The molecule has 0 N–H and O–H groups in total. The molecule has 3 fully saturated rings. The fraction of sp³-hybridized carbons (Fsp3) is 1.00. The molecule has 3 rings (SSSR count). The highest BCUT2D eigenvalue weighted by Crippen LogP contribution is 2.55. The fourth-order valence-electron chi connectivity index (χ4n) is 3.44. The SMILES string of the molecule is O=[N+]([O-])C1CC2(CCC3(CC2)OCCO3)C1. The van der Waals surface area contributed by atoms with Crippen LogP contribution in [0.3, 0.4) is 0 Å². The number of hydrogen-bond donors (Lipinski definition) is 0. The van der Waals surface area contributed by atoms with Crippen molar-refractivity contribution in [2.75, 3.05) is 13.2 Å². The molecule has 2 saturated carbocycles. The zero-order valence-corrected chi connectivity index (χ0v) is 9.31. The highest BCUT2D eigenvalue weighted by atomic mass is 16.7. The summed E-state index contributed by atoms with van der Waals surface area (Å²) in [7, 11) is 0. The van der Waals surface area contributed by atoms with Gasteiger partial charge in [0.2, 0.25) is 6.04 Å². The average Bonchev–Trinajstić information content (AvgIpc) is 2.65. The van der Waals surface area contributed by atoms with E-state index in [-0.39, 0.29) is 22.2 Å². The highest BCUT2D eigenvalue weighted by molar-refractivity contribution is 4.99. The lowest BCUT2D eigenvalue weighted by Gasteiger charge is -2.49. The summed E-state index contributed by atoms with van der Waals surface area (Å²) in [5.41, 5.74) is 0.234. The van der Waals surface area contributed by atoms with Crippen LogP contribution in [0, 0.1) is 15.5 Å². The van der Waals surface area contributed by atoms with E-state index in [4.69, 9.17) is 9.47 Å². The Balaban J connectivity index is 1.57. The Labute approximate surface area is 94.3 Å². The topological polar surface area (TPSA) is 61.6 Å². The first-order valence-electron chi connectivity index (χ1n) is 6.05. The molecule has 1 saturated heterocycles. The normalized spacial score (nSPS) is 31.8. The first-order valence-corrected chi connectivity index (χ1v) is 6.05. The summed E-state index contributed by atoms with van der Waals surface area (Å²) in [5, 5.41) is 10.6. The third-order valence-corrected chi connectivity index (χ3v) is 4.52. The Hall–Kier alpha value is -0.680. The second-order valence-corrected chi connectivity index (χ2v) is 5.46. The molecular formula is C11H17NO4. The zero-order valence-electron chi connectivity index (χ0n) is 9.31. The van der Waals surface area contributed by atoms with E-state index in [1.54, 1.807) is 0 Å². The van der Waals surface area contributed by atoms with Crippen molar-refractivity contribution in [2.24, 2.45) is 5.41 Å². The van der Waals surface area contributed by atoms with Gasteiger partial charge in [0, 0.05) is 30.6 Å². The Bertz CT molecular complexity index is 293. The molecule has 5 heteroatoms. The molecule has 0 unspecified atom stereocenters. The zero-order chi connectivity index (χ0) is 11.2. The largest absolute Gasteiger partial charge is 0.348 e. The van der Waals surface area contributed by atoms with Crippen LogP contribution in [0.4, 0.5) is 0 Å². The van der Waals surface area contributed by atoms with Crippen molar-refractivity contribution >= 4 is 0 Å². The molecule has 90 valence electrons. The predicted octanol–water partition coefficient (Wildman–Crippen LogP) is 1.73. The molecule has 16 heavy (non-hydrogen) atoms. The van der Waals surface area contributed by atoms with Gasteiger partial charge in [-0.05, 0) is 18.3 Å². The molecule has 0 aromatic carbocycles. The molecule has 0 radical (unpaired) electrons. The Morgan fingerprint density at radius 2 is 1.62 bits per heavy atom. The fourth-order valence-corrected chi connectivity index (χ4v) is 3.44. The summed E-state index contributed by atoms with van der Waals surface area (Å²) in [6.07, 6.45) is 5.40. The number of nitro groups is 1. The number of ether oxygens (including phenoxy) is 2. The van der Waals surface area contributed by atoms with E-state index in [0.717, 1.165) is 38.5 Å². The van der Waals surface area contributed by atoms with E-state index >= 15 is 0 Å². The van der Waals surface area contributed by atoms with Crippen molar-refractivity contribution < 1.29 is 14.4 Å². The number of rotatable bonds is 1. The van der Waals surface area contributed by atoms with Crippen LogP contribution < -0.4 is 0 Å². The van der Waals surface area contributed by atoms with Crippen LogP contribution in [0.2, 0.25) is 0 Å². The van der Waals surface area contributed by atoms with Crippen molar-refractivity contribution in [1.82, 2.24) is 0 Å². The van der Waals surface area contributed by atoms with Crippen LogP contribution >= 0.6 is 0 Å². The third kappa shape index (κ3) is 1.53. The molecule has 2 spiro atoms. The van der Waals surface area contributed by atoms with Gasteiger partial charge < -0.3 is 9.47 Å². The molecule has 1 aliphatic heterocycles. The monoisotopic (exact) mass is 227 g/mol. The minimum atomic E-state index is -0.328. The Morgan fingerprint density at radius 1 is 1.06 bits per heavy atom. The smallest absolute Gasteiger partial charge is 0.214 e. The van der Waals surface area contributed by atoms with Crippen LogP contribution in [0.5, 0.6) is 0 Å². The van der Waals surface area contributed by atoms with Crippen LogP contribution in [0.25, 0.3) is 0 Å². The second kappa shape index (κ2) is 3.40. The van der Waals surface area contributed by atoms with Crippen molar-refractivity contribution in [3.05, 3.63) is 10.1 Å². The molecule has 0 bridgehead atoms. The summed E-state index contributed by atoms with van der Waals surface area (Å²) in [5.74, 6) is -0.328. The quantitative estimate of drug-likeness (QED) is 0.505. The van der Waals surface area contributed by atoms with Gasteiger partial charge in [0.15, 0.2) is 5.79 Å². The molecule has 0 atom stereocenters. The van der Waals surface area contributed by atoms with Gasteiger partial charge in [-0.1, -0.05) is 0 Å². The summed E-state index contributed by atoms with van der Waals surface area (Å²) in [6, 6.07) is -0.292. The van der Waals surface area contributed by atoms with Gasteiger partial charge in [-0.2, -0.15) is 0 Å². The summed E-state index contributed by atoms with van der Waals surface area (Å²) >= 11 is 0. The van der Waals surface area contributed by atoms with Gasteiger partial charge in [-0.3, -0.25) is 10.1 Å². The molecular weight excluding hydrogens is 210 g/mol. The predicted molar refractivity (Wildman–Crippen MR) is 55.6 cm³/mol. The lowest BCUT2D eigenvalue weighted by molar-refractivity contribution is -0.548. The van der Waals surface area contributed by atoms with Gasteiger partial charge in [-0.15, -0.1) is 0 Å². The number of nitrogens with zero attached hydrogens (tertiary/aromatic N) is 1. The van der Waals surface area contributed by atoms with Gasteiger partial charge in [0.25, 0.3) is 0 Å². The minimum Gasteiger partial charge on any atom is -0.348 e. The summed E-state index contributed by atoms with van der Waals surface area (Å²) in [4.78, 5) is 10.5. The van der Waals surface area contributed by atoms with Gasteiger partial charge in [0.1, 0.15) is 0 Å². The molecule has 0 amide bonds. The van der Waals surface area contributed by atoms with E-state index in [9.17, 15) is 10.1 Å². The van der Waals surface area contributed by atoms with Crippen molar-refractivity contribution in [3.63, 3.8) is 0 Å². The highest BCUT2D eigenvalue weighted by Gasteiger charge is 2.55. The van der Waals surface area contributed by atoms with Gasteiger partial charge in [0.05, 0.1) is 13.2 Å². The van der Waals surface area contributed by atoms with E-state index in [2.05, 4.69) is 0 Å². The van der Waals surface area contributed by atoms with Gasteiger partial charge >= 0.3 is 0 Å². The van der Waals surface area contributed by atoms with E-state index in [1.165, 1.54) is 0 Å². The average molecular weight is 227 g/mol. The third-order valence-electron chi connectivity index (χ3n) is 4.52. The van der Waals surface area contributed by atoms with Gasteiger partial charge in [-0.25, -0.2) is 0 Å². The van der Waals surface area contributed by atoms with Crippen LogP contribution in [-0.2, 0) is 9.47 Å². The molecule has 0 aromatic rings. The maximum absolute atomic E-state index is 10.6. The summed E-state index contributed by atoms with van der Waals surface area (Å²) in [6.45, 7) is 1.40. The number of hydrogen-bond acceptors (Lipinski definition) is 4. The standard InChI is InChI=1S/C11H17NO4/c13-12(14)9-7-10(8-9)1-3-11(4-2-10)15-5-6-16-11/h9H,1-8H2. The second-order valence-electron chi connectivity index (χ2n) is 5.46. The van der Waals surface area contributed by atoms with Crippen LogP contribution in [0.1, 0.15) is 38.5 Å². The molecule has 2 aliphatic carbocycles. The molecule has 1 heterocycles. The minimum absolute atomic E-state index is 0.127. The molecule has 3 aliphatic rings. The van der Waals surface area contributed by atoms with Crippen molar-refractivity contribution in [3.8, 4) is 0 Å². The van der Waals surface area contributed by atoms with Crippen LogP contribution in [0.15, 0.2) is 0 Å². The van der Waals surface area contributed by atoms with E-state index in [0.29, 0.717) is 13.2 Å². The molecule has 5 nitrogen and oxygen atoms in total. The first kappa shape index (κ1) is 10.5. The Morgan fingerprint density at radius 3 is 2.12 bits per heavy atom. The van der Waals surface area contributed by atoms with Crippen LogP contribution in [-0.4, -0.2) is 30.0 Å². The lowest BCUT2D eigenvalue weighted by Crippen LogP contribution is -2.50. The molecule has 0 aromatic heterocycles. The maximum Gasteiger partial charge on any atom is 0.214 e. The Kier molecular flexibility index (Phi) is 2.23. The van der Waals surface area contributed by atoms with Crippen molar-refractivity contribution in [2.45, 2.75) is 50.4 Å². The van der Waals surface area contributed by atoms with Crippen molar-refractivity contribution in [1.29, 1.82) is 0 Å². The first-order chi connectivity index (χ1) is 7.63. The van der Waals surface area contributed by atoms with E-state index < -0.39 is 0 Å².